The summed E-state index contributed by atoms with van der Waals surface area (Å²) in [7, 11) is 0. The van der Waals surface area contributed by atoms with Gasteiger partial charge in [0, 0.05) is 59.0 Å². The number of ketones is 1. The van der Waals surface area contributed by atoms with Gasteiger partial charge < -0.3 is 19.9 Å². The van der Waals surface area contributed by atoms with Gasteiger partial charge in [0.15, 0.2) is 5.78 Å². The number of carbonyl (C=O) groups is 1. The Bertz CT molecular complexity index is 1210. The van der Waals surface area contributed by atoms with E-state index in [0.29, 0.717) is 48.6 Å². The first-order valence-corrected chi connectivity index (χ1v) is 13.9. The molecule has 4 rings (SSSR count). The third-order valence-corrected chi connectivity index (χ3v) is 7.92. The zero-order chi connectivity index (χ0) is 28.9. The predicted molar refractivity (Wildman–Crippen MR) is 142 cm³/mol. The zero-order valence-electron chi connectivity index (χ0n) is 21.9. The molecule has 218 valence electrons. The lowest BCUT2D eigenvalue weighted by Gasteiger charge is -2.32. The monoisotopic (exact) mass is 587 g/mol. The van der Waals surface area contributed by atoms with Crippen molar-refractivity contribution in [1.29, 1.82) is 0 Å². The number of allylic oxidation sites excluding steroid dienone is 1. The van der Waals surface area contributed by atoms with Gasteiger partial charge in [-0.25, -0.2) is 0 Å². The van der Waals surface area contributed by atoms with Gasteiger partial charge in [-0.3, -0.25) is 4.79 Å². The lowest BCUT2D eigenvalue weighted by Crippen LogP contribution is -2.41. The quantitative estimate of drug-likeness (QED) is 0.208. The molecule has 1 unspecified atom stereocenters. The molecule has 0 amide bonds. The number of hydrogen-bond acceptors (Lipinski definition) is 6. The smallest absolute Gasteiger partial charge is 0.381 e. The van der Waals surface area contributed by atoms with Crippen molar-refractivity contribution >= 4 is 23.2 Å². The van der Waals surface area contributed by atoms with Crippen LogP contribution in [0.2, 0.25) is 0 Å². The van der Waals surface area contributed by atoms with Gasteiger partial charge in [0.25, 0.3) is 0 Å². The van der Waals surface area contributed by atoms with Crippen molar-refractivity contribution in [3.05, 3.63) is 65.4 Å². The van der Waals surface area contributed by atoms with Crippen LogP contribution in [0, 0.1) is 0 Å². The fourth-order valence-electron chi connectivity index (χ4n) is 4.91. The summed E-state index contributed by atoms with van der Waals surface area (Å²) in [5.74, 6) is -1.15. The number of halogens is 6. The van der Waals surface area contributed by atoms with Crippen molar-refractivity contribution in [3.63, 3.8) is 0 Å². The Hall–Kier alpha value is -2.70. The second kappa shape index (κ2) is 12.9. The number of likely N-dealkylation sites (tertiary alicyclic amines) is 1. The topological polar surface area (TPSA) is 44.8 Å². The first-order valence-electron chi connectivity index (χ1n) is 13.1. The highest BCUT2D eigenvalue weighted by Crippen LogP contribution is 2.48. The fourth-order valence-corrected chi connectivity index (χ4v) is 5.95. The van der Waals surface area contributed by atoms with Gasteiger partial charge in [0.05, 0.1) is 24.3 Å². The Morgan fingerprint density at radius 1 is 1.05 bits per heavy atom. The number of ether oxygens (including phenoxy) is 1. The molecule has 0 saturated carbocycles. The summed E-state index contributed by atoms with van der Waals surface area (Å²) in [6.07, 6.45) is -6.62. The standard InChI is InChI=1S/C28H31F6N3O2S/c1-2-36-11-4-6-20(18-36)35-19-5-3-7-21(17-19)40-24-9-8-22(23(38)10-12-37-13-15-39-16-14-37)25(27(29,30)31)26(24)28(32,33)34/h3,5,7-10,12,17,20,35H,2,4,6,11,13-16,18H2,1H3. The molecule has 12 heteroatoms. The Morgan fingerprint density at radius 3 is 2.45 bits per heavy atom. The maximum atomic E-state index is 14.2. The molecule has 2 fully saturated rings. The lowest BCUT2D eigenvalue weighted by molar-refractivity contribution is -0.163. The summed E-state index contributed by atoms with van der Waals surface area (Å²) in [4.78, 5) is 16.4. The molecule has 40 heavy (non-hydrogen) atoms. The molecule has 0 aromatic heterocycles. The number of piperidine rings is 1. The lowest BCUT2D eigenvalue weighted by atomic mass is 9.96. The zero-order valence-corrected chi connectivity index (χ0v) is 22.8. The molecule has 2 aromatic carbocycles. The van der Waals surface area contributed by atoms with Crippen LogP contribution >= 0.6 is 11.8 Å². The van der Waals surface area contributed by atoms with Crippen LogP contribution in [0.5, 0.6) is 0 Å². The fraction of sp³-hybridized carbons (Fsp3) is 0.464. The maximum absolute atomic E-state index is 14.2. The SMILES string of the molecule is CCN1CCCC(Nc2cccc(Sc3ccc(C(=O)C=CN4CCOCC4)c(C(F)(F)F)c3C(F)(F)F)c2)C1. The molecular weight excluding hydrogens is 556 g/mol. The molecule has 2 aliphatic heterocycles. The van der Waals surface area contributed by atoms with E-state index in [2.05, 4.69) is 17.1 Å². The van der Waals surface area contributed by atoms with Gasteiger partial charge in [0.2, 0.25) is 0 Å². The van der Waals surface area contributed by atoms with E-state index in [1.165, 1.54) is 6.20 Å². The molecule has 0 bridgehead atoms. The van der Waals surface area contributed by atoms with Crippen LogP contribution in [-0.2, 0) is 17.1 Å². The predicted octanol–water partition coefficient (Wildman–Crippen LogP) is 6.80. The Balaban J connectivity index is 1.64. The second-order valence-electron chi connectivity index (χ2n) is 9.69. The Labute approximate surface area is 233 Å². The van der Waals surface area contributed by atoms with Crippen molar-refractivity contribution < 1.29 is 35.9 Å². The van der Waals surface area contributed by atoms with E-state index in [1.807, 2.05) is 0 Å². The minimum absolute atomic E-state index is 0.160. The summed E-state index contributed by atoms with van der Waals surface area (Å²) in [5, 5.41) is 3.40. The normalized spacial score (nSPS) is 19.3. The summed E-state index contributed by atoms with van der Waals surface area (Å²) in [6.45, 7) is 6.43. The van der Waals surface area contributed by atoms with Gasteiger partial charge in [-0.2, -0.15) is 26.3 Å². The van der Waals surface area contributed by atoms with Crippen molar-refractivity contribution in [2.45, 2.75) is 48.0 Å². The van der Waals surface area contributed by atoms with Gasteiger partial charge >= 0.3 is 12.4 Å². The van der Waals surface area contributed by atoms with Crippen molar-refractivity contribution in [1.82, 2.24) is 9.80 Å². The van der Waals surface area contributed by atoms with Gasteiger partial charge in [0.1, 0.15) is 0 Å². The molecule has 0 aliphatic carbocycles. The second-order valence-corrected chi connectivity index (χ2v) is 10.8. The Morgan fingerprint density at radius 2 is 1.77 bits per heavy atom. The number of alkyl halides is 6. The van der Waals surface area contributed by atoms with Crippen molar-refractivity contribution in [2.24, 2.45) is 0 Å². The van der Waals surface area contributed by atoms with E-state index in [4.69, 9.17) is 4.74 Å². The third-order valence-electron chi connectivity index (χ3n) is 6.87. The number of benzene rings is 2. The number of nitrogens with zero attached hydrogens (tertiary/aromatic N) is 2. The molecule has 2 saturated heterocycles. The van der Waals surface area contributed by atoms with Crippen LogP contribution in [0.3, 0.4) is 0 Å². The van der Waals surface area contributed by atoms with Crippen molar-refractivity contribution in [3.8, 4) is 0 Å². The highest BCUT2D eigenvalue weighted by Gasteiger charge is 2.47. The van der Waals surface area contributed by atoms with E-state index < -0.39 is 39.7 Å². The minimum atomic E-state index is -5.41. The van der Waals surface area contributed by atoms with Gasteiger partial charge in [-0.05, 0) is 56.3 Å². The molecule has 2 heterocycles. The summed E-state index contributed by atoms with van der Waals surface area (Å²) < 4.78 is 90.4. The van der Waals surface area contributed by atoms with Crippen LogP contribution < -0.4 is 5.32 Å². The number of morpholine rings is 1. The van der Waals surface area contributed by atoms with Crippen LogP contribution in [0.25, 0.3) is 0 Å². The van der Waals surface area contributed by atoms with Crippen LogP contribution in [0.1, 0.15) is 41.3 Å². The molecule has 1 N–H and O–H groups in total. The molecule has 2 aliphatic rings. The first-order chi connectivity index (χ1) is 19.0. The minimum Gasteiger partial charge on any atom is -0.381 e. The van der Waals surface area contributed by atoms with E-state index >= 15 is 0 Å². The average molecular weight is 588 g/mol. The van der Waals surface area contributed by atoms with E-state index in [0.717, 1.165) is 50.7 Å². The summed E-state index contributed by atoms with van der Waals surface area (Å²) in [5.41, 5.74) is -4.20. The average Bonchev–Trinajstić information content (AvgIpc) is 2.91. The van der Waals surface area contributed by atoms with Gasteiger partial charge in [-0.1, -0.05) is 24.8 Å². The number of likely N-dealkylation sites (N-methyl/N-ethyl adjacent to an activating group) is 1. The highest BCUT2D eigenvalue weighted by molar-refractivity contribution is 7.99. The number of anilines is 1. The number of rotatable bonds is 8. The van der Waals surface area contributed by atoms with E-state index in [-0.39, 0.29) is 6.04 Å². The van der Waals surface area contributed by atoms with Crippen LogP contribution in [-0.4, -0.2) is 67.6 Å². The maximum Gasteiger partial charge on any atom is 0.418 e. The van der Waals surface area contributed by atoms with Gasteiger partial charge in [-0.15, -0.1) is 0 Å². The first kappa shape index (κ1) is 30.3. The largest absolute Gasteiger partial charge is 0.418 e. The number of hydrogen-bond donors (Lipinski definition) is 1. The number of nitrogens with one attached hydrogen (secondary N) is 1. The number of carbonyl (C=O) groups excluding carboxylic acids is 1. The highest BCUT2D eigenvalue weighted by atomic mass is 32.2. The molecule has 5 nitrogen and oxygen atoms in total. The van der Waals surface area contributed by atoms with Crippen LogP contribution in [0.4, 0.5) is 32.0 Å². The Kier molecular flexibility index (Phi) is 9.73. The van der Waals surface area contributed by atoms with E-state index in [9.17, 15) is 31.1 Å². The molecule has 1 atom stereocenters. The molecular formula is C28H31F6N3O2S. The van der Waals surface area contributed by atoms with E-state index in [1.54, 1.807) is 29.2 Å². The summed E-state index contributed by atoms with van der Waals surface area (Å²) >= 11 is 0.587. The summed E-state index contributed by atoms with van der Waals surface area (Å²) in [6, 6.07) is 8.54. The molecule has 0 radical (unpaired) electrons. The molecule has 0 spiro atoms. The molecule has 2 aromatic rings. The van der Waals surface area contributed by atoms with Crippen LogP contribution in [0.15, 0.2) is 58.5 Å². The third kappa shape index (κ3) is 7.73. The van der Waals surface area contributed by atoms with Crippen molar-refractivity contribution in [2.75, 3.05) is 51.3 Å².